The second-order valence-electron chi connectivity index (χ2n) is 5.74. The zero-order chi connectivity index (χ0) is 21.0. The van der Waals surface area contributed by atoms with Gasteiger partial charge in [-0.15, -0.1) is 0 Å². The Hall–Kier alpha value is -3.27. The summed E-state index contributed by atoms with van der Waals surface area (Å²) in [4.78, 5) is 50.5. The highest BCUT2D eigenvalue weighted by Crippen LogP contribution is 2.29. The van der Waals surface area contributed by atoms with Crippen LogP contribution < -0.4 is 27.5 Å². The van der Waals surface area contributed by atoms with Crippen molar-refractivity contribution >= 4 is 34.9 Å². The number of ketones is 1. The first kappa shape index (κ1) is 21.0. The van der Waals surface area contributed by atoms with Crippen LogP contribution in [0.15, 0.2) is 21.7 Å². The number of rotatable bonds is 7. The number of nitrogens with two attached hydrogens (primary N) is 2. The summed E-state index contributed by atoms with van der Waals surface area (Å²) >= 11 is 5.90. The average molecular weight is 411 g/mol. The maximum absolute atomic E-state index is 12.4. The average Bonchev–Trinajstić information content (AvgIpc) is 2.64. The second-order valence-corrected chi connectivity index (χ2v) is 6.15. The molecule has 1 heterocycles. The van der Waals surface area contributed by atoms with Gasteiger partial charge in [-0.2, -0.15) is 0 Å². The largest absolute Gasteiger partial charge is 0.496 e. The van der Waals surface area contributed by atoms with Crippen LogP contribution in [-0.4, -0.2) is 35.0 Å². The van der Waals surface area contributed by atoms with Crippen molar-refractivity contribution in [2.75, 3.05) is 25.2 Å². The van der Waals surface area contributed by atoms with E-state index in [1.165, 1.54) is 19.2 Å². The summed E-state index contributed by atoms with van der Waals surface area (Å²) in [7, 11) is 1.32. The number of aromatic amines is 1. The fourth-order valence-corrected chi connectivity index (χ4v) is 2.65. The molecule has 1 aromatic heterocycles. The number of benzene rings is 1. The van der Waals surface area contributed by atoms with Crippen molar-refractivity contribution in [2.24, 2.45) is 0 Å². The fourth-order valence-electron chi connectivity index (χ4n) is 2.48. The van der Waals surface area contributed by atoms with Gasteiger partial charge in [0.25, 0.3) is 5.56 Å². The molecule has 1 aromatic carbocycles. The highest BCUT2D eigenvalue weighted by molar-refractivity contribution is 6.33. The molecule has 150 valence electrons. The molecule has 11 heteroatoms. The molecule has 2 rings (SSSR count). The zero-order valence-corrected chi connectivity index (χ0v) is 16.0. The molecule has 0 bridgehead atoms. The Bertz CT molecular complexity index is 1040. The van der Waals surface area contributed by atoms with Crippen molar-refractivity contribution in [3.8, 4) is 5.75 Å². The van der Waals surface area contributed by atoms with Gasteiger partial charge in [-0.1, -0.05) is 18.5 Å². The van der Waals surface area contributed by atoms with Crippen LogP contribution in [0.1, 0.15) is 34.1 Å². The number of hydrogen-bond acceptors (Lipinski definition) is 8. The number of nitrogens with zero attached hydrogens (tertiary/aromatic N) is 1. The molecule has 2 aromatic rings. The summed E-state index contributed by atoms with van der Waals surface area (Å²) in [6.07, 6.45) is 0.552. The van der Waals surface area contributed by atoms with E-state index in [1.807, 2.05) is 4.98 Å². The monoisotopic (exact) mass is 410 g/mol. The Balaban J connectivity index is 2.27. The first-order valence-electron chi connectivity index (χ1n) is 8.17. The van der Waals surface area contributed by atoms with Gasteiger partial charge in [-0.25, -0.2) is 9.59 Å². The lowest BCUT2D eigenvalue weighted by molar-refractivity contribution is 0.0471. The van der Waals surface area contributed by atoms with Gasteiger partial charge >= 0.3 is 11.7 Å². The predicted octanol–water partition coefficient (Wildman–Crippen LogP) is 0.813. The first-order chi connectivity index (χ1) is 13.2. The van der Waals surface area contributed by atoms with E-state index in [9.17, 15) is 19.2 Å². The molecular weight excluding hydrogens is 392 g/mol. The Morgan fingerprint density at radius 3 is 2.54 bits per heavy atom. The number of carbonyl (C=O) groups is 2. The van der Waals surface area contributed by atoms with Gasteiger partial charge in [-0.3, -0.25) is 19.1 Å². The van der Waals surface area contributed by atoms with Crippen LogP contribution in [0.25, 0.3) is 0 Å². The highest BCUT2D eigenvalue weighted by Gasteiger charge is 2.22. The van der Waals surface area contributed by atoms with Crippen LogP contribution in [0.4, 0.5) is 11.5 Å². The van der Waals surface area contributed by atoms with Gasteiger partial charge in [0, 0.05) is 12.6 Å². The third-order valence-corrected chi connectivity index (χ3v) is 4.17. The number of esters is 1. The number of carbonyl (C=O) groups excluding carboxylic acids is 2. The van der Waals surface area contributed by atoms with Gasteiger partial charge in [0.15, 0.2) is 6.61 Å². The molecule has 0 amide bonds. The smallest absolute Gasteiger partial charge is 0.342 e. The lowest BCUT2D eigenvalue weighted by atomic mass is 10.1. The van der Waals surface area contributed by atoms with Crippen LogP contribution in [0.5, 0.6) is 5.75 Å². The maximum atomic E-state index is 12.4. The van der Waals surface area contributed by atoms with E-state index in [-0.39, 0.29) is 34.4 Å². The van der Waals surface area contributed by atoms with Crippen molar-refractivity contribution in [1.29, 1.82) is 0 Å². The summed E-state index contributed by atoms with van der Waals surface area (Å²) in [5, 5.41) is 0.103. The van der Waals surface area contributed by atoms with Crippen LogP contribution >= 0.6 is 11.6 Å². The normalized spacial score (nSPS) is 10.5. The maximum Gasteiger partial charge on any atom is 0.342 e. The number of hydrogen-bond donors (Lipinski definition) is 3. The minimum atomic E-state index is -0.955. The van der Waals surface area contributed by atoms with Crippen LogP contribution in [0, 0.1) is 0 Å². The second kappa shape index (κ2) is 8.61. The minimum absolute atomic E-state index is 0.0488. The molecule has 0 saturated heterocycles. The number of Topliss-reactive ketones (excluding diaryl/α,β-unsaturated/α-hetero) is 1. The quantitative estimate of drug-likeness (QED) is 0.343. The predicted molar refractivity (Wildman–Crippen MR) is 103 cm³/mol. The van der Waals surface area contributed by atoms with Gasteiger partial charge < -0.3 is 20.9 Å². The van der Waals surface area contributed by atoms with E-state index in [1.54, 1.807) is 6.92 Å². The number of methoxy groups -OCH3 is 1. The first-order valence-corrected chi connectivity index (χ1v) is 8.54. The Labute approximate surface area is 164 Å². The van der Waals surface area contributed by atoms with Crippen molar-refractivity contribution in [3.05, 3.63) is 49.1 Å². The number of nitrogens with one attached hydrogen (secondary N) is 1. The molecule has 0 aliphatic carbocycles. The topological polar surface area (TPSA) is 159 Å². The molecule has 0 radical (unpaired) electrons. The fraction of sp³-hybridized carbons (Fsp3) is 0.294. The molecule has 0 unspecified atom stereocenters. The molecule has 28 heavy (non-hydrogen) atoms. The SMILES string of the molecule is CCCn1c(N)c(C(=O)COC(=O)c2cc(Cl)c(N)cc2OC)c(=O)[nH]c1=O. The number of ether oxygens (including phenoxy) is 2. The summed E-state index contributed by atoms with van der Waals surface area (Å²) < 4.78 is 11.1. The third kappa shape index (κ3) is 4.17. The number of H-pyrrole nitrogens is 1. The molecular formula is C17H19ClN4O6. The molecule has 5 N–H and O–H groups in total. The Kier molecular flexibility index (Phi) is 6.47. The van der Waals surface area contributed by atoms with Gasteiger partial charge in [-0.05, 0) is 12.5 Å². The van der Waals surface area contributed by atoms with E-state index < -0.39 is 35.2 Å². The van der Waals surface area contributed by atoms with E-state index in [0.29, 0.717) is 6.42 Å². The molecule has 10 nitrogen and oxygen atoms in total. The minimum Gasteiger partial charge on any atom is -0.496 e. The van der Waals surface area contributed by atoms with Crippen molar-refractivity contribution < 1.29 is 19.1 Å². The lowest BCUT2D eigenvalue weighted by Crippen LogP contribution is -2.37. The van der Waals surface area contributed by atoms with Crippen molar-refractivity contribution in [1.82, 2.24) is 9.55 Å². The van der Waals surface area contributed by atoms with Gasteiger partial charge in [0.05, 0.1) is 17.8 Å². The number of aromatic nitrogens is 2. The molecule has 0 fully saturated rings. The summed E-state index contributed by atoms with van der Waals surface area (Å²) in [5.41, 5.74) is 9.47. The highest BCUT2D eigenvalue weighted by atomic mass is 35.5. The Morgan fingerprint density at radius 2 is 1.93 bits per heavy atom. The van der Waals surface area contributed by atoms with Crippen molar-refractivity contribution in [3.63, 3.8) is 0 Å². The standard InChI is InChI=1S/C17H19ClN4O6/c1-3-4-22-14(20)13(15(24)21-17(22)26)11(23)7-28-16(25)8-5-9(18)10(19)6-12(8)27-2/h5-6H,3-4,7,19-20H2,1-2H3,(H,21,24,26). The van der Waals surface area contributed by atoms with Crippen LogP contribution in [-0.2, 0) is 11.3 Å². The van der Waals surface area contributed by atoms with Gasteiger partial charge in [0.2, 0.25) is 5.78 Å². The zero-order valence-electron chi connectivity index (χ0n) is 15.2. The number of halogens is 1. The number of nitrogen functional groups attached to an aromatic ring is 2. The van der Waals surface area contributed by atoms with E-state index in [2.05, 4.69) is 0 Å². The van der Waals surface area contributed by atoms with Gasteiger partial charge in [0.1, 0.15) is 22.7 Å². The van der Waals surface area contributed by atoms with Crippen LogP contribution in [0.2, 0.25) is 5.02 Å². The number of anilines is 2. The lowest BCUT2D eigenvalue weighted by Gasteiger charge is -2.12. The van der Waals surface area contributed by atoms with E-state index >= 15 is 0 Å². The van der Waals surface area contributed by atoms with Crippen molar-refractivity contribution in [2.45, 2.75) is 19.9 Å². The van der Waals surface area contributed by atoms with E-state index in [4.69, 9.17) is 32.5 Å². The summed E-state index contributed by atoms with van der Waals surface area (Å²) in [6.45, 7) is 1.23. The summed E-state index contributed by atoms with van der Waals surface area (Å²) in [6, 6.07) is 2.58. The molecule has 0 aliphatic heterocycles. The summed E-state index contributed by atoms with van der Waals surface area (Å²) in [5.74, 6) is -1.96. The molecule has 0 spiro atoms. The van der Waals surface area contributed by atoms with E-state index in [0.717, 1.165) is 4.57 Å². The molecule has 0 saturated carbocycles. The Morgan fingerprint density at radius 1 is 1.25 bits per heavy atom. The molecule has 0 aliphatic rings. The third-order valence-electron chi connectivity index (χ3n) is 3.84. The molecule has 0 atom stereocenters. The van der Waals surface area contributed by atoms with Crippen LogP contribution in [0.3, 0.4) is 0 Å².